The van der Waals surface area contributed by atoms with E-state index in [1.165, 1.54) is 13.8 Å². The van der Waals surface area contributed by atoms with Crippen molar-refractivity contribution in [3.63, 3.8) is 0 Å². The molecule has 0 fully saturated rings. The minimum Gasteiger partial charge on any atom is -0.324 e. The summed E-state index contributed by atoms with van der Waals surface area (Å²) in [6.07, 6.45) is 0. The standard InChI is InChI=1S/C17H16Cl2N2O2/c1-17(2,15(22)20-13-9-5-3-7-11(13)18)16(23)21-14-10-6-4-8-12(14)19/h3-10H,1-2H3,(H,20,22)(H,21,23). The highest BCUT2D eigenvalue weighted by Gasteiger charge is 2.36. The number of anilines is 2. The van der Waals surface area contributed by atoms with Crippen LogP contribution in [0.5, 0.6) is 0 Å². The van der Waals surface area contributed by atoms with Crippen LogP contribution in [0.2, 0.25) is 10.0 Å². The largest absolute Gasteiger partial charge is 0.324 e. The molecule has 2 N–H and O–H groups in total. The number of carbonyl (C=O) groups excluding carboxylic acids is 2. The third-order valence-corrected chi connectivity index (χ3v) is 4.04. The second-order valence-corrected chi connectivity index (χ2v) is 6.31. The molecule has 23 heavy (non-hydrogen) atoms. The summed E-state index contributed by atoms with van der Waals surface area (Å²) in [6.45, 7) is 3.07. The molecule has 0 heterocycles. The Bertz CT molecular complexity index is 683. The molecule has 4 nitrogen and oxygen atoms in total. The molecular weight excluding hydrogens is 335 g/mol. The highest BCUT2D eigenvalue weighted by molar-refractivity contribution is 6.34. The number of para-hydroxylation sites is 2. The van der Waals surface area contributed by atoms with Gasteiger partial charge in [0.1, 0.15) is 5.41 Å². The summed E-state index contributed by atoms with van der Waals surface area (Å²) in [6, 6.07) is 13.7. The molecule has 0 atom stereocenters. The minimum atomic E-state index is -1.31. The van der Waals surface area contributed by atoms with Crippen LogP contribution in [0, 0.1) is 5.41 Å². The van der Waals surface area contributed by atoms with Gasteiger partial charge in [-0.05, 0) is 38.1 Å². The Morgan fingerprint density at radius 1 is 0.783 bits per heavy atom. The summed E-state index contributed by atoms with van der Waals surface area (Å²) < 4.78 is 0. The highest BCUT2D eigenvalue weighted by atomic mass is 35.5. The van der Waals surface area contributed by atoms with Gasteiger partial charge in [-0.1, -0.05) is 47.5 Å². The molecule has 0 aliphatic rings. The first-order valence-corrected chi connectivity index (χ1v) is 7.70. The fourth-order valence-electron chi connectivity index (χ4n) is 1.79. The van der Waals surface area contributed by atoms with Crippen molar-refractivity contribution in [2.24, 2.45) is 5.41 Å². The summed E-state index contributed by atoms with van der Waals surface area (Å²) in [7, 11) is 0. The van der Waals surface area contributed by atoms with Crippen LogP contribution >= 0.6 is 23.2 Å². The van der Waals surface area contributed by atoms with Gasteiger partial charge in [0, 0.05) is 0 Å². The number of carbonyl (C=O) groups is 2. The van der Waals surface area contributed by atoms with E-state index in [1.54, 1.807) is 48.5 Å². The molecule has 120 valence electrons. The fourth-order valence-corrected chi connectivity index (χ4v) is 2.15. The molecule has 2 amide bonds. The van der Waals surface area contributed by atoms with Crippen LogP contribution in [0.4, 0.5) is 11.4 Å². The van der Waals surface area contributed by atoms with Gasteiger partial charge in [0.2, 0.25) is 11.8 Å². The van der Waals surface area contributed by atoms with Gasteiger partial charge in [-0.2, -0.15) is 0 Å². The van der Waals surface area contributed by atoms with E-state index >= 15 is 0 Å². The Labute approximate surface area is 144 Å². The van der Waals surface area contributed by atoms with Gasteiger partial charge in [0.05, 0.1) is 21.4 Å². The molecule has 0 aliphatic carbocycles. The summed E-state index contributed by atoms with van der Waals surface area (Å²) in [5, 5.41) is 6.15. The molecule has 0 saturated heterocycles. The SMILES string of the molecule is CC(C)(C(=O)Nc1ccccc1Cl)C(=O)Nc1ccccc1Cl. The van der Waals surface area contributed by atoms with Crippen molar-refractivity contribution in [3.8, 4) is 0 Å². The second-order valence-electron chi connectivity index (χ2n) is 5.49. The first-order valence-electron chi connectivity index (χ1n) is 6.94. The molecule has 0 bridgehead atoms. The van der Waals surface area contributed by atoms with Gasteiger partial charge in [-0.15, -0.1) is 0 Å². The summed E-state index contributed by atoms with van der Waals surface area (Å²) in [5.74, 6) is -0.926. The summed E-state index contributed by atoms with van der Waals surface area (Å²) in [4.78, 5) is 24.9. The number of amides is 2. The van der Waals surface area contributed by atoms with Crippen LogP contribution < -0.4 is 10.6 Å². The first kappa shape index (κ1) is 17.3. The Morgan fingerprint density at radius 2 is 1.13 bits per heavy atom. The van der Waals surface area contributed by atoms with Crippen LogP contribution in [0.1, 0.15) is 13.8 Å². The zero-order chi connectivity index (χ0) is 17.0. The average Bonchev–Trinajstić information content (AvgIpc) is 2.51. The Balaban J connectivity index is 2.13. The molecule has 0 aliphatic heterocycles. The number of hydrogen-bond acceptors (Lipinski definition) is 2. The molecule has 0 radical (unpaired) electrons. The minimum absolute atomic E-state index is 0.406. The van der Waals surface area contributed by atoms with E-state index < -0.39 is 17.2 Å². The average molecular weight is 351 g/mol. The molecule has 6 heteroatoms. The number of hydrogen-bond donors (Lipinski definition) is 2. The van der Waals surface area contributed by atoms with Crippen molar-refractivity contribution in [2.75, 3.05) is 10.6 Å². The van der Waals surface area contributed by atoms with Crippen molar-refractivity contribution >= 4 is 46.4 Å². The van der Waals surface area contributed by atoms with E-state index in [1.807, 2.05) is 0 Å². The Morgan fingerprint density at radius 3 is 1.48 bits per heavy atom. The molecule has 0 spiro atoms. The lowest BCUT2D eigenvalue weighted by molar-refractivity contribution is -0.135. The fraction of sp³-hybridized carbons (Fsp3) is 0.176. The lowest BCUT2D eigenvalue weighted by Gasteiger charge is -2.23. The second kappa shape index (κ2) is 7.02. The molecule has 0 unspecified atom stereocenters. The van der Waals surface area contributed by atoms with E-state index in [-0.39, 0.29) is 0 Å². The zero-order valence-corrected chi connectivity index (χ0v) is 14.2. The van der Waals surface area contributed by atoms with Crippen LogP contribution in [-0.4, -0.2) is 11.8 Å². The lowest BCUT2D eigenvalue weighted by atomic mass is 9.90. The Kier molecular flexibility index (Phi) is 5.29. The van der Waals surface area contributed by atoms with Crippen LogP contribution in [0.3, 0.4) is 0 Å². The van der Waals surface area contributed by atoms with Crippen LogP contribution in [0.25, 0.3) is 0 Å². The molecule has 2 aromatic rings. The van der Waals surface area contributed by atoms with Crippen LogP contribution in [0.15, 0.2) is 48.5 Å². The van der Waals surface area contributed by atoms with E-state index in [4.69, 9.17) is 23.2 Å². The zero-order valence-electron chi connectivity index (χ0n) is 12.7. The van der Waals surface area contributed by atoms with Crippen molar-refractivity contribution in [3.05, 3.63) is 58.6 Å². The smallest absolute Gasteiger partial charge is 0.239 e. The molecular formula is C17H16Cl2N2O2. The summed E-state index contributed by atoms with van der Waals surface area (Å²) >= 11 is 12.0. The lowest BCUT2D eigenvalue weighted by Crippen LogP contribution is -2.41. The van der Waals surface area contributed by atoms with Gasteiger partial charge in [-0.3, -0.25) is 9.59 Å². The molecule has 0 aromatic heterocycles. The number of nitrogens with one attached hydrogen (secondary N) is 2. The van der Waals surface area contributed by atoms with E-state index in [2.05, 4.69) is 10.6 Å². The summed E-state index contributed by atoms with van der Waals surface area (Å²) in [5.41, 5.74) is -0.395. The third kappa shape index (κ3) is 4.03. The van der Waals surface area contributed by atoms with E-state index in [0.29, 0.717) is 21.4 Å². The predicted octanol–water partition coefficient (Wildman–Crippen LogP) is 4.60. The normalized spacial score (nSPS) is 11.0. The molecule has 0 saturated carbocycles. The van der Waals surface area contributed by atoms with E-state index in [9.17, 15) is 9.59 Å². The number of halogens is 2. The van der Waals surface area contributed by atoms with Gasteiger partial charge >= 0.3 is 0 Å². The van der Waals surface area contributed by atoms with Gasteiger partial charge < -0.3 is 10.6 Å². The maximum absolute atomic E-state index is 12.4. The predicted molar refractivity (Wildman–Crippen MR) is 93.9 cm³/mol. The van der Waals surface area contributed by atoms with Crippen molar-refractivity contribution in [1.82, 2.24) is 0 Å². The maximum atomic E-state index is 12.4. The quantitative estimate of drug-likeness (QED) is 0.791. The monoisotopic (exact) mass is 350 g/mol. The van der Waals surface area contributed by atoms with Crippen LogP contribution in [-0.2, 0) is 9.59 Å². The number of benzene rings is 2. The van der Waals surface area contributed by atoms with Crippen molar-refractivity contribution < 1.29 is 9.59 Å². The van der Waals surface area contributed by atoms with E-state index in [0.717, 1.165) is 0 Å². The van der Waals surface area contributed by atoms with Gasteiger partial charge in [0.25, 0.3) is 0 Å². The number of rotatable bonds is 4. The molecule has 2 rings (SSSR count). The first-order chi connectivity index (χ1) is 10.8. The third-order valence-electron chi connectivity index (χ3n) is 3.38. The maximum Gasteiger partial charge on any atom is 0.239 e. The molecule has 2 aromatic carbocycles. The Hall–Kier alpha value is -2.04. The van der Waals surface area contributed by atoms with Gasteiger partial charge in [0.15, 0.2) is 0 Å². The van der Waals surface area contributed by atoms with Crippen molar-refractivity contribution in [2.45, 2.75) is 13.8 Å². The van der Waals surface area contributed by atoms with Gasteiger partial charge in [-0.25, -0.2) is 0 Å². The highest BCUT2D eigenvalue weighted by Crippen LogP contribution is 2.27. The van der Waals surface area contributed by atoms with Crippen molar-refractivity contribution in [1.29, 1.82) is 0 Å². The topological polar surface area (TPSA) is 58.2 Å².